The third-order valence-electron chi connectivity index (χ3n) is 4.94. The van der Waals surface area contributed by atoms with Crippen molar-refractivity contribution in [1.29, 1.82) is 0 Å². The van der Waals surface area contributed by atoms with E-state index in [0.717, 1.165) is 0 Å². The van der Waals surface area contributed by atoms with Crippen molar-refractivity contribution < 1.29 is 9.59 Å². The SMILES string of the molecule is C=CCn1c(=O)c2ccccc2n2c(SCC(=O)Nc3ccc(C(=O)N(C)C)cc3)nnc12. The molecule has 0 fully saturated rings. The fourth-order valence-corrected chi connectivity index (χ4v) is 4.14. The minimum Gasteiger partial charge on any atom is -0.345 e. The predicted molar refractivity (Wildman–Crippen MR) is 129 cm³/mol. The molecule has 4 aromatic rings. The minimum atomic E-state index is -0.229. The summed E-state index contributed by atoms with van der Waals surface area (Å²) in [6.07, 6.45) is 1.63. The highest BCUT2D eigenvalue weighted by Crippen LogP contribution is 2.22. The number of carbonyl (C=O) groups excluding carboxylic acids is 2. The van der Waals surface area contributed by atoms with Crippen LogP contribution >= 0.6 is 11.8 Å². The molecule has 0 radical (unpaired) electrons. The number of carbonyl (C=O) groups is 2. The number of amides is 2. The van der Waals surface area contributed by atoms with E-state index in [1.807, 2.05) is 12.1 Å². The Balaban J connectivity index is 1.55. The van der Waals surface area contributed by atoms with E-state index in [0.29, 0.717) is 39.6 Å². The highest BCUT2D eigenvalue weighted by Gasteiger charge is 2.17. The Kier molecular flexibility index (Phi) is 6.27. The maximum absolute atomic E-state index is 12.9. The molecule has 0 aliphatic rings. The molecule has 1 N–H and O–H groups in total. The molecule has 168 valence electrons. The molecule has 9 nitrogen and oxygen atoms in total. The van der Waals surface area contributed by atoms with Gasteiger partial charge in [0.1, 0.15) is 0 Å². The van der Waals surface area contributed by atoms with Gasteiger partial charge in [-0.25, -0.2) is 0 Å². The summed E-state index contributed by atoms with van der Waals surface area (Å²) in [4.78, 5) is 38.9. The number of para-hydroxylation sites is 1. The van der Waals surface area contributed by atoms with Gasteiger partial charge in [-0.1, -0.05) is 30.0 Å². The summed E-state index contributed by atoms with van der Waals surface area (Å²) in [5, 5.41) is 12.3. The van der Waals surface area contributed by atoms with Crippen LogP contribution in [0.25, 0.3) is 16.7 Å². The lowest BCUT2D eigenvalue weighted by molar-refractivity contribution is -0.113. The van der Waals surface area contributed by atoms with Crippen molar-refractivity contribution in [1.82, 2.24) is 24.1 Å². The zero-order valence-electron chi connectivity index (χ0n) is 18.2. The fraction of sp³-hybridized carbons (Fsp3) is 0.174. The summed E-state index contributed by atoms with van der Waals surface area (Å²) in [5.41, 5.74) is 1.63. The Morgan fingerprint density at radius 2 is 1.85 bits per heavy atom. The van der Waals surface area contributed by atoms with Gasteiger partial charge in [-0.05, 0) is 36.4 Å². The molecule has 0 saturated carbocycles. The first kappa shape index (κ1) is 22.3. The molecule has 2 aromatic heterocycles. The first-order chi connectivity index (χ1) is 15.9. The summed E-state index contributed by atoms with van der Waals surface area (Å²) in [6, 6.07) is 13.9. The van der Waals surface area contributed by atoms with E-state index in [2.05, 4.69) is 22.1 Å². The van der Waals surface area contributed by atoms with Gasteiger partial charge < -0.3 is 10.2 Å². The Labute approximate surface area is 193 Å². The Morgan fingerprint density at radius 3 is 2.55 bits per heavy atom. The Hall–Kier alpha value is -3.92. The highest BCUT2D eigenvalue weighted by molar-refractivity contribution is 7.99. The van der Waals surface area contributed by atoms with Crippen molar-refractivity contribution in [2.24, 2.45) is 0 Å². The average Bonchev–Trinajstić information content (AvgIpc) is 3.24. The molecular formula is C23H22N6O3S. The first-order valence-electron chi connectivity index (χ1n) is 10.1. The molecule has 4 rings (SSSR count). The maximum atomic E-state index is 12.9. The number of hydrogen-bond acceptors (Lipinski definition) is 6. The third kappa shape index (κ3) is 4.37. The molecule has 2 heterocycles. The number of benzene rings is 2. The van der Waals surface area contributed by atoms with Crippen LogP contribution in [0, 0.1) is 0 Å². The van der Waals surface area contributed by atoms with E-state index < -0.39 is 0 Å². The van der Waals surface area contributed by atoms with Gasteiger partial charge in [-0.15, -0.1) is 16.8 Å². The van der Waals surface area contributed by atoms with Crippen LogP contribution < -0.4 is 10.9 Å². The van der Waals surface area contributed by atoms with Crippen molar-refractivity contribution in [3.63, 3.8) is 0 Å². The van der Waals surface area contributed by atoms with Crippen LogP contribution in [0.3, 0.4) is 0 Å². The number of hydrogen-bond donors (Lipinski definition) is 1. The molecular weight excluding hydrogens is 440 g/mol. The van der Waals surface area contributed by atoms with E-state index in [1.165, 1.54) is 21.2 Å². The first-order valence-corrected chi connectivity index (χ1v) is 11.1. The molecule has 10 heteroatoms. The normalized spacial score (nSPS) is 11.0. The van der Waals surface area contributed by atoms with Crippen LogP contribution in [-0.2, 0) is 11.3 Å². The maximum Gasteiger partial charge on any atom is 0.263 e. The van der Waals surface area contributed by atoms with Crippen LogP contribution in [-0.4, -0.2) is 55.7 Å². The molecule has 2 aromatic carbocycles. The Bertz CT molecular complexity index is 1420. The van der Waals surface area contributed by atoms with Gasteiger partial charge in [0.2, 0.25) is 11.7 Å². The van der Waals surface area contributed by atoms with E-state index in [9.17, 15) is 14.4 Å². The number of nitrogens with zero attached hydrogens (tertiary/aromatic N) is 5. The van der Waals surface area contributed by atoms with E-state index in [-0.39, 0.29) is 23.1 Å². The van der Waals surface area contributed by atoms with E-state index >= 15 is 0 Å². The standard InChI is InChI=1S/C23H22N6O3S/c1-4-13-28-21(32)17-7-5-6-8-18(17)29-22(28)25-26-23(29)33-14-19(30)24-16-11-9-15(10-12-16)20(31)27(2)3/h4-12H,1,13-14H2,2-3H3,(H,24,30). The van der Waals surface area contributed by atoms with E-state index in [1.54, 1.807) is 61.0 Å². The second-order valence-corrected chi connectivity index (χ2v) is 8.40. The lowest BCUT2D eigenvalue weighted by Gasteiger charge is -2.11. The smallest absolute Gasteiger partial charge is 0.263 e. The van der Waals surface area contributed by atoms with Gasteiger partial charge in [-0.3, -0.25) is 23.4 Å². The van der Waals surface area contributed by atoms with E-state index in [4.69, 9.17) is 0 Å². The van der Waals surface area contributed by atoms with Crippen LogP contribution in [0.1, 0.15) is 10.4 Å². The molecule has 0 atom stereocenters. The van der Waals surface area contributed by atoms with Crippen LogP contribution in [0.2, 0.25) is 0 Å². The van der Waals surface area contributed by atoms with Crippen molar-refractivity contribution in [2.45, 2.75) is 11.7 Å². The second kappa shape index (κ2) is 9.29. The number of thioether (sulfide) groups is 1. The molecule has 33 heavy (non-hydrogen) atoms. The van der Waals surface area contributed by atoms with Crippen molar-refractivity contribution >= 4 is 45.9 Å². The summed E-state index contributed by atoms with van der Waals surface area (Å²) < 4.78 is 3.28. The van der Waals surface area contributed by atoms with Crippen molar-refractivity contribution in [2.75, 3.05) is 25.2 Å². The highest BCUT2D eigenvalue weighted by atomic mass is 32.2. The monoisotopic (exact) mass is 462 g/mol. The molecule has 2 amide bonds. The molecule has 0 bridgehead atoms. The summed E-state index contributed by atoms with van der Waals surface area (Å²) >= 11 is 1.22. The van der Waals surface area contributed by atoms with Crippen molar-refractivity contribution in [3.8, 4) is 0 Å². The quantitative estimate of drug-likeness (QED) is 0.335. The largest absolute Gasteiger partial charge is 0.345 e. The molecule has 0 saturated heterocycles. The van der Waals surface area contributed by atoms with Gasteiger partial charge in [-0.2, -0.15) is 0 Å². The summed E-state index contributed by atoms with van der Waals surface area (Å²) in [6.45, 7) is 4.01. The number of anilines is 1. The van der Waals surface area contributed by atoms with Gasteiger partial charge in [0.15, 0.2) is 5.16 Å². The van der Waals surface area contributed by atoms with Crippen LogP contribution in [0.4, 0.5) is 5.69 Å². The zero-order chi connectivity index (χ0) is 23.5. The minimum absolute atomic E-state index is 0.0914. The number of fused-ring (bicyclic) bond motifs is 3. The fourth-order valence-electron chi connectivity index (χ4n) is 3.40. The zero-order valence-corrected chi connectivity index (χ0v) is 19.0. The van der Waals surface area contributed by atoms with Gasteiger partial charge >= 0.3 is 0 Å². The third-order valence-corrected chi connectivity index (χ3v) is 5.87. The predicted octanol–water partition coefficient (Wildman–Crippen LogP) is 2.66. The summed E-state index contributed by atoms with van der Waals surface area (Å²) in [7, 11) is 3.37. The van der Waals surface area contributed by atoms with Crippen LogP contribution in [0.15, 0.2) is 71.1 Å². The average molecular weight is 463 g/mol. The number of aromatic nitrogens is 4. The molecule has 0 aliphatic carbocycles. The van der Waals surface area contributed by atoms with Crippen LogP contribution in [0.5, 0.6) is 0 Å². The number of rotatable bonds is 7. The van der Waals surface area contributed by atoms with Gasteiger partial charge in [0.25, 0.3) is 11.5 Å². The molecule has 0 spiro atoms. The summed E-state index contributed by atoms with van der Waals surface area (Å²) in [5.74, 6) is 0.146. The van der Waals surface area contributed by atoms with Crippen molar-refractivity contribution in [3.05, 3.63) is 77.1 Å². The number of nitrogens with one attached hydrogen (secondary N) is 1. The number of allylic oxidation sites excluding steroid dienone is 1. The molecule has 0 aliphatic heterocycles. The lowest BCUT2D eigenvalue weighted by Crippen LogP contribution is -2.22. The Morgan fingerprint density at radius 1 is 1.12 bits per heavy atom. The topological polar surface area (TPSA) is 102 Å². The second-order valence-electron chi connectivity index (χ2n) is 7.45. The lowest BCUT2D eigenvalue weighted by atomic mass is 10.2. The molecule has 0 unspecified atom stereocenters. The van der Waals surface area contributed by atoms with Gasteiger partial charge in [0.05, 0.1) is 16.7 Å². The van der Waals surface area contributed by atoms with Gasteiger partial charge in [0, 0.05) is 31.9 Å².